The molecule has 0 saturated carbocycles. The van der Waals surface area contributed by atoms with Crippen molar-refractivity contribution in [3.8, 4) is 5.82 Å². The molecule has 0 radical (unpaired) electrons. The summed E-state index contributed by atoms with van der Waals surface area (Å²) in [5.74, 6) is 0.868. The van der Waals surface area contributed by atoms with E-state index >= 15 is 0 Å². The molecule has 3 rings (SSSR count). The largest absolute Gasteiger partial charge is 0.298 e. The number of hydrogen-bond acceptors (Lipinski definition) is 5. The van der Waals surface area contributed by atoms with Crippen LogP contribution in [0.15, 0.2) is 52.5 Å². The van der Waals surface area contributed by atoms with Crippen LogP contribution in [0.3, 0.4) is 0 Å². The Bertz CT molecular complexity index is 1040. The molecule has 0 aliphatic rings. The normalized spacial score (nSPS) is 11.7. The third-order valence-electron chi connectivity index (χ3n) is 4.04. The summed E-state index contributed by atoms with van der Waals surface area (Å²) in [5, 5.41) is 1.01. The number of fused-ring (bicyclic) bond motifs is 1. The first-order valence-corrected chi connectivity index (χ1v) is 9.37. The lowest BCUT2D eigenvalue weighted by molar-refractivity contribution is -0.123. The third-order valence-corrected chi connectivity index (χ3v) is 4.98. The lowest BCUT2D eigenvalue weighted by atomic mass is 9.92. The predicted molar refractivity (Wildman–Crippen MR) is 105 cm³/mol. The number of benzene rings is 1. The Morgan fingerprint density at radius 3 is 2.62 bits per heavy atom. The average Bonchev–Trinajstić information content (AvgIpc) is 2.59. The maximum atomic E-state index is 13.1. The lowest BCUT2D eigenvalue weighted by Gasteiger charge is -2.17. The van der Waals surface area contributed by atoms with Crippen molar-refractivity contribution in [2.24, 2.45) is 5.41 Å². The second kappa shape index (κ2) is 7.03. The maximum Gasteiger partial charge on any atom is 0.267 e. The molecule has 0 fully saturated rings. The first-order valence-electron chi connectivity index (χ1n) is 8.38. The molecule has 0 saturated heterocycles. The fourth-order valence-corrected chi connectivity index (χ4v) is 3.56. The van der Waals surface area contributed by atoms with Crippen LogP contribution in [0.1, 0.15) is 26.3 Å². The minimum atomic E-state index is -0.434. The highest BCUT2D eigenvalue weighted by Gasteiger charge is 2.23. The van der Waals surface area contributed by atoms with Gasteiger partial charge < -0.3 is 0 Å². The van der Waals surface area contributed by atoms with E-state index in [0.29, 0.717) is 21.9 Å². The summed E-state index contributed by atoms with van der Waals surface area (Å²) >= 11 is 1.27. The van der Waals surface area contributed by atoms with Gasteiger partial charge in [0.1, 0.15) is 11.6 Å². The van der Waals surface area contributed by atoms with Crippen LogP contribution in [-0.4, -0.2) is 26.1 Å². The number of thioether (sulfide) groups is 1. The quantitative estimate of drug-likeness (QED) is 0.518. The van der Waals surface area contributed by atoms with Crippen molar-refractivity contribution in [3.63, 3.8) is 0 Å². The number of aryl methyl sites for hydroxylation is 1. The van der Waals surface area contributed by atoms with Gasteiger partial charge in [-0.2, -0.15) is 0 Å². The van der Waals surface area contributed by atoms with Gasteiger partial charge in [-0.15, -0.1) is 0 Å². The van der Waals surface area contributed by atoms with Crippen molar-refractivity contribution in [1.82, 2.24) is 14.5 Å². The number of rotatable bonds is 4. The minimum absolute atomic E-state index is 0.105. The Morgan fingerprint density at radius 1 is 1.19 bits per heavy atom. The van der Waals surface area contributed by atoms with Crippen molar-refractivity contribution >= 4 is 28.4 Å². The van der Waals surface area contributed by atoms with Crippen molar-refractivity contribution < 1.29 is 4.79 Å². The number of carbonyl (C=O) groups is 1. The van der Waals surface area contributed by atoms with Crippen LogP contribution in [0.4, 0.5) is 0 Å². The SMILES string of the molecule is Cc1ccnc(-n2c(SCC(=O)C(C)(C)C)nc3ccccc3c2=O)c1. The van der Waals surface area contributed by atoms with Crippen molar-refractivity contribution in [3.05, 3.63) is 58.5 Å². The molecule has 0 atom stereocenters. The van der Waals surface area contributed by atoms with E-state index < -0.39 is 5.41 Å². The van der Waals surface area contributed by atoms with E-state index in [1.165, 1.54) is 16.3 Å². The molecule has 0 N–H and O–H groups in total. The Balaban J connectivity index is 2.15. The zero-order valence-electron chi connectivity index (χ0n) is 15.3. The van der Waals surface area contributed by atoms with Crippen LogP contribution < -0.4 is 5.56 Å². The predicted octanol–water partition coefficient (Wildman–Crippen LogP) is 3.80. The van der Waals surface area contributed by atoms with Crippen LogP contribution in [0.5, 0.6) is 0 Å². The molecule has 0 amide bonds. The molecule has 134 valence electrons. The van der Waals surface area contributed by atoms with Gasteiger partial charge in [0.05, 0.1) is 16.7 Å². The van der Waals surface area contributed by atoms with Gasteiger partial charge in [0.15, 0.2) is 5.16 Å². The van der Waals surface area contributed by atoms with Gasteiger partial charge in [-0.1, -0.05) is 44.7 Å². The fourth-order valence-electron chi connectivity index (χ4n) is 2.40. The van der Waals surface area contributed by atoms with E-state index in [1.807, 2.05) is 52.0 Å². The van der Waals surface area contributed by atoms with E-state index in [4.69, 9.17) is 0 Å². The molecule has 2 heterocycles. The van der Waals surface area contributed by atoms with Crippen LogP contribution in [0, 0.1) is 12.3 Å². The smallest absolute Gasteiger partial charge is 0.267 e. The Morgan fingerprint density at radius 2 is 1.92 bits per heavy atom. The lowest BCUT2D eigenvalue weighted by Crippen LogP contribution is -2.25. The third kappa shape index (κ3) is 3.70. The first-order chi connectivity index (χ1) is 12.3. The van der Waals surface area contributed by atoms with Gasteiger partial charge >= 0.3 is 0 Å². The van der Waals surface area contributed by atoms with Crippen molar-refractivity contribution in [1.29, 1.82) is 0 Å². The summed E-state index contributed by atoms with van der Waals surface area (Å²) in [7, 11) is 0. The number of Topliss-reactive ketones (excluding diaryl/α,β-unsaturated/α-hetero) is 1. The summed E-state index contributed by atoms with van der Waals surface area (Å²) in [5.41, 5.74) is 1.000. The standard InChI is InChI=1S/C20H21N3O2S/c1-13-9-10-21-17(11-13)23-18(25)14-7-5-6-8-15(14)22-19(23)26-12-16(24)20(2,3)4/h5-11H,12H2,1-4H3. The summed E-state index contributed by atoms with van der Waals surface area (Å²) in [6, 6.07) is 10.9. The Hall–Kier alpha value is -2.47. The average molecular weight is 367 g/mol. The van der Waals surface area contributed by atoms with Crippen LogP contribution in [0.25, 0.3) is 16.7 Å². The highest BCUT2D eigenvalue weighted by molar-refractivity contribution is 7.99. The molecule has 3 aromatic rings. The molecule has 0 spiro atoms. The van der Waals surface area contributed by atoms with E-state index in [-0.39, 0.29) is 17.1 Å². The molecule has 26 heavy (non-hydrogen) atoms. The van der Waals surface area contributed by atoms with Crippen LogP contribution >= 0.6 is 11.8 Å². The van der Waals surface area contributed by atoms with Gasteiger partial charge in [0.2, 0.25) is 0 Å². The topological polar surface area (TPSA) is 64.8 Å². The zero-order chi connectivity index (χ0) is 18.9. The molecule has 2 aromatic heterocycles. The van der Waals surface area contributed by atoms with Gasteiger partial charge in [0.25, 0.3) is 5.56 Å². The molecular formula is C20H21N3O2S. The number of ketones is 1. The van der Waals surface area contributed by atoms with Crippen LogP contribution in [0.2, 0.25) is 0 Å². The Labute approximate surface area is 156 Å². The van der Waals surface area contributed by atoms with E-state index in [1.54, 1.807) is 18.3 Å². The molecule has 6 heteroatoms. The number of para-hydroxylation sites is 1. The highest BCUT2D eigenvalue weighted by atomic mass is 32.2. The van der Waals surface area contributed by atoms with Crippen molar-refractivity contribution in [2.75, 3.05) is 5.75 Å². The van der Waals surface area contributed by atoms with E-state index in [9.17, 15) is 9.59 Å². The maximum absolute atomic E-state index is 13.1. The first kappa shape index (κ1) is 18.3. The molecule has 0 unspecified atom stereocenters. The van der Waals surface area contributed by atoms with Crippen molar-refractivity contribution in [2.45, 2.75) is 32.9 Å². The molecule has 0 aliphatic heterocycles. The summed E-state index contributed by atoms with van der Waals surface area (Å²) in [6.45, 7) is 7.61. The monoisotopic (exact) mass is 367 g/mol. The number of carbonyl (C=O) groups excluding carboxylic acids is 1. The van der Waals surface area contributed by atoms with Gasteiger partial charge in [0, 0.05) is 11.6 Å². The second-order valence-electron chi connectivity index (χ2n) is 7.21. The summed E-state index contributed by atoms with van der Waals surface area (Å²) < 4.78 is 1.50. The van der Waals surface area contributed by atoms with Gasteiger partial charge in [-0.25, -0.2) is 14.5 Å². The Kier molecular flexibility index (Phi) is 4.96. The van der Waals surface area contributed by atoms with Crippen LogP contribution in [-0.2, 0) is 4.79 Å². The fraction of sp³-hybridized carbons (Fsp3) is 0.300. The summed E-state index contributed by atoms with van der Waals surface area (Å²) in [4.78, 5) is 34.4. The van der Waals surface area contributed by atoms with Gasteiger partial charge in [-0.3, -0.25) is 9.59 Å². The molecule has 1 aromatic carbocycles. The molecular weight excluding hydrogens is 346 g/mol. The molecule has 0 bridgehead atoms. The molecule has 0 aliphatic carbocycles. The number of nitrogens with zero attached hydrogens (tertiary/aromatic N) is 3. The summed E-state index contributed by atoms with van der Waals surface area (Å²) in [6.07, 6.45) is 1.67. The van der Waals surface area contributed by atoms with Gasteiger partial charge in [-0.05, 0) is 36.8 Å². The zero-order valence-corrected chi connectivity index (χ0v) is 16.1. The number of hydrogen-bond donors (Lipinski definition) is 0. The minimum Gasteiger partial charge on any atom is -0.298 e. The number of pyridine rings is 1. The number of aromatic nitrogens is 3. The van der Waals surface area contributed by atoms with E-state index in [0.717, 1.165) is 5.56 Å². The molecule has 5 nitrogen and oxygen atoms in total. The second-order valence-corrected chi connectivity index (χ2v) is 8.15. The highest BCUT2D eigenvalue weighted by Crippen LogP contribution is 2.24. The van der Waals surface area contributed by atoms with E-state index in [2.05, 4.69) is 9.97 Å².